The second kappa shape index (κ2) is 8.63. The Morgan fingerprint density at radius 2 is 1.81 bits per heavy atom. The van der Waals surface area contributed by atoms with Crippen LogP contribution in [0.3, 0.4) is 0 Å². The van der Waals surface area contributed by atoms with Gasteiger partial charge in [0.2, 0.25) is 11.6 Å². The molecule has 1 heterocycles. The second-order valence-corrected chi connectivity index (χ2v) is 8.15. The monoisotopic (exact) mass is 452 g/mol. The number of nitrogens with one attached hydrogen (secondary N) is 1. The number of nitrogens with zero attached hydrogens (tertiary/aromatic N) is 1. The van der Waals surface area contributed by atoms with E-state index >= 15 is 0 Å². The Hall–Kier alpha value is -3.38. The summed E-state index contributed by atoms with van der Waals surface area (Å²) in [6.07, 6.45) is 0. The topological polar surface area (TPSA) is 58.6 Å². The van der Waals surface area contributed by atoms with E-state index in [-0.39, 0.29) is 11.6 Å². The number of anilines is 3. The van der Waals surface area contributed by atoms with E-state index in [1.54, 1.807) is 25.1 Å². The largest absolute Gasteiger partial charge is 0.495 e. The van der Waals surface area contributed by atoms with Crippen LogP contribution in [0.4, 0.5) is 21.5 Å². The lowest BCUT2D eigenvalue weighted by Gasteiger charge is -2.35. The Morgan fingerprint density at radius 1 is 1.09 bits per heavy atom. The maximum absolute atomic E-state index is 13.8. The lowest BCUT2D eigenvalue weighted by Crippen LogP contribution is -2.44. The molecule has 7 heteroatoms. The van der Waals surface area contributed by atoms with Crippen LogP contribution in [0.25, 0.3) is 0 Å². The molecule has 0 aromatic heterocycles. The van der Waals surface area contributed by atoms with E-state index in [1.165, 1.54) is 19.2 Å². The van der Waals surface area contributed by atoms with Crippen molar-refractivity contribution in [1.82, 2.24) is 0 Å². The summed E-state index contributed by atoms with van der Waals surface area (Å²) < 4.78 is 19.3. The normalized spacial score (nSPS) is 15.5. The third-order valence-corrected chi connectivity index (χ3v) is 5.90. The molecular weight excluding hydrogens is 431 g/mol. The van der Waals surface area contributed by atoms with Crippen LogP contribution >= 0.6 is 11.6 Å². The van der Waals surface area contributed by atoms with Crippen molar-refractivity contribution >= 4 is 40.2 Å². The maximum Gasteiger partial charge on any atom is 0.232 e. The molecule has 32 heavy (non-hydrogen) atoms. The van der Waals surface area contributed by atoms with Crippen LogP contribution in [0, 0.1) is 12.7 Å². The minimum atomic E-state index is -0.640. The summed E-state index contributed by atoms with van der Waals surface area (Å²) in [6.45, 7) is 3.99. The summed E-state index contributed by atoms with van der Waals surface area (Å²) in [4.78, 5) is 27.5. The number of fused-ring (bicyclic) bond motifs is 1. The summed E-state index contributed by atoms with van der Waals surface area (Å²) in [5.41, 5.74) is 4.00. The van der Waals surface area contributed by atoms with Gasteiger partial charge in [-0.2, -0.15) is 0 Å². The Bertz CT molecular complexity index is 1210. The number of aryl methyl sites for hydroxylation is 1. The van der Waals surface area contributed by atoms with Gasteiger partial charge in [-0.05, 0) is 49.7 Å². The van der Waals surface area contributed by atoms with Gasteiger partial charge in [-0.1, -0.05) is 35.4 Å². The zero-order valence-corrected chi connectivity index (χ0v) is 18.7. The highest BCUT2D eigenvalue weighted by Gasteiger charge is 2.38. The number of benzene rings is 3. The van der Waals surface area contributed by atoms with Gasteiger partial charge in [-0.25, -0.2) is 4.39 Å². The molecule has 0 fully saturated rings. The molecule has 1 aliphatic heterocycles. The average molecular weight is 453 g/mol. The third kappa shape index (κ3) is 3.94. The van der Waals surface area contributed by atoms with Gasteiger partial charge in [0.05, 0.1) is 35.1 Å². The molecule has 0 saturated carbocycles. The number of carbonyl (C=O) groups is 2. The summed E-state index contributed by atoms with van der Waals surface area (Å²) >= 11 is 5.75. The molecule has 1 N–H and O–H groups in total. The van der Waals surface area contributed by atoms with Crippen LogP contribution in [-0.4, -0.2) is 24.7 Å². The number of hydrogen-bond donors (Lipinski definition) is 1. The minimum Gasteiger partial charge on any atom is -0.495 e. The molecule has 1 unspecified atom stereocenters. The number of Topliss-reactive ketones (excluding diaryl/α,β-unsaturated/α-hetero) is 2. The molecule has 164 valence electrons. The van der Waals surface area contributed by atoms with Crippen molar-refractivity contribution in [2.75, 3.05) is 17.3 Å². The number of hydrogen-bond acceptors (Lipinski definition) is 5. The molecule has 0 amide bonds. The van der Waals surface area contributed by atoms with E-state index in [9.17, 15) is 14.0 Å². The van der Waals surface area contributed by atoms with Crippen molar-refractivity contribution in [3.8, 4) is 5.75 Å². The highest BCUT2D eigenvalue weighted by molar-refractivity contribution is 6.48. The standard InChI is InChI=1S/C25H22ClFN2O3/c1-14-4-7-17(8-5-14)29-15(2)24(30)25(31)18-11-21(23(32-3)12-22(18)29)28-13-16-6-9-19(26)20(27)10-16/h4-12,15,28H,13H2,1-3H3. The number of ketones is 2. The first-order valence-electron chi connectivity index (χ1n) is 10.1. The predicted octanol–water partition coefficient (Wildman–Crippen LogP) is 5.70. The van der Waals surface area contributed by atoms with Crippen LogP contribution in [-0.2, 0) is 11.3 Å². The number of ether oxygens (including phenoxy) is 1. The van der Waals surface area contributed by atoms with Crippen LogP contribution in [0.2, 0.25) is 5.02 Å². The molecule has 0 bridgehead atoms. The molecule has 0 saturated heterocycles. The van der Waals surface area contributed by atoms with E-state index < -0.39 is 23.4 Å². The molecule has 0 aliphatic carbocycles. The zero-order valence-electron chi connectivity index (χ0n) is 17.9. The van der Waals surface area contributed by atoms with Gasteiger partial charge < -0.3 is 15.0 Å². The molecule has 1 aliphatic rings. The SMILES string of the molecule is COc1cc2c(cc1NCc1ccc(Cl)c(F)c1)C(=O)C(=O)C(C)N2c1ccc(C)cc1. The van der Waals surface area contributed by atoms with Gasteiger partial charge in [0.1, 0.15) is 11.6 Å². The van der Waals surface area contributed by atoms with Crippen molar-refractivity contribution in [2.24, 2.45) is 0 Å². The number of rotatable bonds is 5. The number of methoxy groups -OCH3 is 1. The predicted molar refractivity (Wildman–Crippen MR) is 124 cm³/mol. The summed E-state index contributed by atoms with van der Waals surface area (Å²) in [7, 11) is 1.53. The minimum absolute atomic E-state index is 0.0505. The Labute approximate surface area is 190 Å². The van der Waals surface area contributed by atoms with E-state index in [1.807, 2.05) is 36.1 Å². The smallest absolute Gasteiger partial charge is 0.232 e. The molecule has 4 rings (SSSR count). The summed E-state index contributed by atoms with van der Waals surface area (Å²) in [6, 6.07) is 15.0. The van der Waals surface area contributed by atoms with E-state index in [4.69, 9.17) is 16.3 Å². The third-order valence-electron chi connectivity index (χ3n) is 5.59. The zero-order chi connectivity index (χ0) is 23.0. The number of halogens is 2. The van der Waals surface area contributed by atoms with Crippen molar-refractivity contribution in [3.05, 3.63) is 82.1 Å². The molecule has 5 nitrogen and oxygen atoms in total. The van der Waals surface area contributed by atoms with Crippen LogP contribution in [0.5, 0.6) is 5.75 Å². The molecule has 3 aromatic rings. The van der Waals surface area contributed by atoms with Crippen molar-refractivity contribution in [1.29, 1.82) is 0 Å². The first kappa shape index (κ1) is 21.8. The second-order valence-electron chi connectivity index (χ2n) is 7.75. The van der Waals surface area contributed by atoms with E-state index in [0.717, 1.165) is 11.3 Å². The van der Waals surface area contributed by atoms with Crippen molar-refractivity contribution in [3.63, 3.8) is 0 Å². The molecule has 1 atom stereocenters. The fraction of sp³-hybridized carbons (Fsp3) is 0.200. The molecule has 0 radical (unpaired) electrons. The average Bonchev–Trinajstić information content (AvgIpc) is 2.79. The van der Waals surface area contributed by atoms with Crippen LogP contribution in [0.1, 0.15) is 28.4 Å². The van der Waals surface area contributed by atoms with E-state index in [2.05, 4.69) is 5.32 Å². The van der Waals surface area contributed by atoms with Crippen LogP contribution < -0.4 is 15.0 Å². The molecule has 0 spiro atoms. The molecular formula is C25H22ClFN2O3. The van der Waals surface area contributed by atoms with Gasteiger partial charge in [0.25, 0.3) is 0 Å². The van der Waals surface area contributed by atoms with Gasteiger partial charge in [-0.3, -0.25) is 9.59 Å². The number of carbonyl (C=O) groups excluding carboxylic acids is 2. The van der Waals surface area contributed by atoms with Crippen LogP contribution in [0.15, 0.2) is 54.6 Å². The van der Waals surface area contributed by atoms with Gasteiger partial charge in [0.15, 0.2) is 0 Å². The Balaban J connectivity index is 1.74. The maximum atomic E-state index is 13.8. The Kier molecular flexibility index (Phi) is 5.89. The van der Waals surface area contributed by atoms with Crippen molar-refractivity contribution in [2.45, 2.75) is 26.4 Å². The highest BCUT2D eigenvalue weighted by atomic mass is 35.5. The van der Waals surface area contributed by atoms with Crippen molar-refractivity contribution < 1.29 is 18.7 Å². The van der Waals surface area contributed by atoms with Gasteiger partial charge >= 0.3 is 0 Å². The lowest BCUT2D eigenvalue weighted by molar-refractivity contribution is -0.116. The van der Waals surface area contributed by atoms with E-state index in [0.29, 0.717) is 28.3 Å². The lowest BCUT2D eigenvalue weighted by atomic mass is 9.92. The van der Waals surface area contributed by atoms with Gasteiger partial charge in [0, 0.05) is 18.3 Å². The summed E-state index contributed by atoms with van der Waals surface area (Å²) in [5.74, 6) is -1.02. The van der Waals surface area contributed by atoms with Gasteiger partial charge in [-0.15, -0.1) is 0 Å². The fourth-order valence-electron chi connectivity index (χ4n) is 3.82. The molecule has 3 aromatic carbocycles. The summed E-state index contributed by atoms with van der Waals surface area (Å²) in [5, 5.41) is 3.22. The highest BCUT2D eigenvalue weighted by Crippen LogP contribution is 2.41. The Morgan fingerprint density at radius 3 is 2.47 bits per heavy atom. The first-order chi connectivity index (χ1) is 15.3. The fourth-order valence-corrected chi connectivity index (χ4v) is 3.94. The first-order valence-corrected chi connectivity index (χ1v) is 10.5. The quantitative estimate of drug-likeness (QED) is 0.503.